The van der Waals surface area contributed by atoms with Gasteiger partial charge in [-0.1, -0.05) is 55.8 Å². The Balaban J connectivity index is 2.02. The number of aliphatic hydroxyl groups is 1. The van der Waals surface area contributed by atoms with Crippen LogP contribution in [0.3, 0.4) is 0 Å². The van der Waals surface area contributed by atoms with Gasteiger partial charge in [-0.15, -0.1) is 11.8 Å². The SMILES string of the molecule is CCCCSc1ccc([C@H](O)c2ccccc2)cc1. The molecule has 2 aromatic carbocycles. The van der Waals surface area contributed by atoms with E-state index in [9.17, 15) is 5.11 Å². The Morgan fingerprint density at radius 1 is 0.947 bits per heavy atom. The van der Waals surface area contributed by atoms with Crippen LogP contribution >= 0.6 is 11.8 Å². The fraction of sp³-hybridized carbons (Fsp3) is 0.294. The third-order valence-corrected chi connectivity index (χ3v) is 4.18. The molecule has 0 aliphatic rings. The largest absolute Gasteiger partial charge is 0.384 e. The zero-order valence-corrected chi connectivity index (χ0v) is 12.1. The second kappa shape index (κ2) is 7.37. The zero-order chi connectivity index (χ0) is 13.5. The van der Waals surface area contributed by atoms with Crippen molar-refractivity contribution in [3.05, 3.63) is 65.7 Å². The van der Waals surface area contributed by atoms with Crippen LogP contribution in [0, 0.1) is 0 Å². The lowest BCUT2D eigenvalue weighted by Crippen LogP contribution is -1.98. The summed E-state index contributed by atoms with van der Waals surface area (Å²) in [5.74, 6) is 1.16. The van der Waals surface area contributed by atoms with E-state index in [0.29, 0.717) is 0 Å². The average Bonchev–Trinajstić information content (AvgIpc) is 2.48. The summed E-state index contributed by atoms with van der Waals surface area (Å²) in [5, 5.41) is 10.3. The van der Waals surface area contributed by atoms with Gasteiger partial charge < -0.3 is 5.11 Å². The molecule has 1 atom stereocenters. The van der Waals surface area contributed by atoms with Gasteiger partial charge in [0.05, 0.1) is 0 Å². The quantitative estimate of drug-likeness (QED) is 0.609. The molecule has 0 amide bonds. The smallest absolute Gasteiger partial charge is 0.104 e. The van der Waals surface area contributed by atoms with Crippen molar-refractivity contribution in [1.29, 1.82) is 0 Å². The van der Waals surface area contributed by atoms with E-state index in [0.717, 1.165) is 16.9 Å². The topological polar surface area (TPSA) is 20.2 Å². The molecule has 2 aromatic rings. The van der Waals surface area contributed by atoms with Crippen LogP contribution in [-0.2, 0) is 0 Å². The number of hydrogen-bond acceptors (Lipinski definition) is 2. The summed E-state index contributed by atoms with van der Waals surface area (Å²) in [6.45, 7) is 2.21. The lowest BCUT2D eigenvalue weighted by molar-refractivity contribution is 0.220. The Kier molecular flexibility index (Phi) is 5.49. The van der Waals surface area contributed by atoms with Crippen molar-refractivity contribution >= 4 is 11.8 Å². The molecule has 0 saturated carbocycles. The van der Waals surface area contributed by atoms with Gasteiger partial charge in [0, 0.05) is 4.90 Å². The van der Waals surface area contributed by atoms with E-state index < -0.39 is 6.10 Å². The molecule has 2 rings (SSSR count). The summed E-state index contributed by atoms with van der Waals surface area (Å²) in [6, 6.07) is 18.0. The van der Waals surface area contributed by atoms with Gasteiger partial charge in [-0.2, -0.15) is 0 Å². The van der Waals surface area contributed by atoms with E-state index in [2.05, 4.69) is 19.1 Å². The van der Waals surface area contributed by atoms with Gasteiger partial charge in [0.1, 0.15) is 6.10 Å². The predicted octanol–water partition coefficient (Wildman–Crippen LogP) is 4.66. The monoisotopic (exact) mass is 272 g/mol. The van der Waals surface area contributed by atoms with Crippen molar-refractivity contribution in [3.8, 4) is 0 Å². The second-order valence-electron chi connectivity index (χ2n) is 4.58. The van der Waals surface area contributed by atoms with Crippen molar-refractivity contribution in [2.24, 2.45) is 0 Å². The number of thioether (sulfide) groups is 1. The molecule has 2 heteroatoms. The van der Waals surface area contributed by atoms with E-state index in [4.69, 9.17) is 0 Å². The van der Waals surface area contributed by atoms with Crippen LogP contribution < -0.4 is 0 Å². The maximum atomic E-state index is 10.3. The van der Waals surface area contributed by atoms with Gasteiger partial charge in [-0.05, 0) is 35.4 Å². The molecule has 0 spiro atoms. The second-order valence-corrected chi connectivity index (χ2v) is 5.75. The first-order valence-corrected chi connectivity index (χ1v) is 7.75. The summed E-state index contributed by atoms with van der Waals surface area (Å²) in [4.78, 5) is 1.28. The third kappa shape index (κ3) is 4.12. The minimum atomic E-state index is -0.532. The van der Waals surface area contributed by atoms with Crippen LogP contribution in [0.4, 0.5) is 0 Å². The van der Waals surface area contributed by atoms with Crippen molar-refractivity contribution in [1.82, 2.24) is 0 Å². The summed E-state index contributed by atoms with van der Waals surface area (Å²) in [5.41, 5.74) is 1.89. The van der Waals surface area contributed by atoms with Crippen LogP contribution in [0.2, 0.25) is 0 Å². The summed E-state index contributed by atoms with van der Waals surface area (Å²) >= 11 is 1.88. The van der Waals surface area contributed by atoms with Crippen LogP contribution in [0.5, 0.6) is 0 Å². The van der Waals surface area contributed by atoms with E-state index in [1.165, 1.54) is 17.7 Å². The summed E-state index contributed by atoms with van der Waals surface area (Å²) in [7, 11) is 0. The maximum absolute atomic E-state index is 10.3. The first-order valence-electron chi connectivity index (χ1n) is 6.77. The normalized spacial score (nSPS) is 12.3. The van der Waals surface area contributed by atoms with Gasteiger partial charge in [-0.25, -0.2) is 0 Å². The molecule has 19 heavy (non-hydrogen) atoms. The number of rotatable bonds is 6. The molecule has 0 fully saturated rings. The molecule has 0 radical (unpaired) electrons. The Morgan fingerprint density at radius 2 is 1.58 bits per heavy atom. The first-order chi connectivity index (χ1) is 9.31. The predicted molar refractivity (Wildman–Crippen MR) is 82.6 cm³/mol. The Labute approximate surface area is 119 Å². The highest BCUT2D eigenvalue weighted by molar-refractivity contribution is 7.99. The van der Waals surface area contributed by atoms with Crippen molar-refractivity contribution in [2.45, 2.75) is 30.8 Å². The van der Waals surface area contributed by atoms with Crippen LogP contribution in [-0.4, -0.2) is 10.9 Å². The lowest BCUT2D eigenvalue weighted by atomic mass is 10.0. The number of hydrogen-bond donors (Lipinski definition) is 1. The molecule has 0 bridgehead atoms. The standard InChI is InChI=1S/C17H20OS/c1-2-3-13-19-16-11-9-15(10-12-16)17(18)14-7-5-4-6-8-14/h4-12,17-18H,2-3,13H2,1H3/t17-/m1/s1. The lowest BCUT2D eigenvalue weighted by Gasteiger charge is -2.11. The molecule has 0 aliphatic heterocycles. The fourth-order valence-corrected chi connectivity index (χ4v) is 2.91. The van der Waals surface area contributed by atoms with Crippen molar-refractivity contribution in [2.75, 3.05) is 5.75 Å². The van der Waals surface area contributed by atoms with E-state index >= 15 is 0 Å². The Morgan fingerprint density at radius 3 is 2.21 bits per heavy atom. The number of benzene rings is 2. The highest BCUT2D eigenvalue weighted by Crippen LogP contribution is 2.25. The Bertz CT molecular complexity index is 478. The van der Waals surface area contributed by atoms with Crippen LogP contribution in [0.25, 0.3) is 0 Å². The average molecular weight is 272 g/mol. The molecule has 0 aromatic heterocycles. The highest BCUT2D eigenvalue weighted by atomic mass is 32.2. The van der Waals surface area contributed by atoms with Gasteiger partial charge in [0.25, 0.3) is 0 Å². The summed E-state index contributed by atoms with van der Waals surface area (Å²) < 4.78 is 0. The van der Waals surface area contributed by atoms with Crippen LogP contribution in [0.1, 0.15) is 37.0 Å². The molecule has 1 nitrogen and oxygen atoms in total. The minimum absolute atomic E-state index is 0.532. The number of aliphatic hydroxyl groups excluding tert-OH is 1. The molecule has 1 N–H and O–H groups in total. The van der Waals surface area contributed by atoms with E-state index in [1.54, 1.807) is 0 Å². The van der Waals surface area contributed by atoms with Gasteiger partial charge >= 0.3 is 0 Å². The van der Waals surface area contributed by atoms with E-state index in [1.807, 2.05) is 54.2 Å². The minimum Gasteiger partial charge on any atom is -0.384 e. The van der Waals surface area contributed by atoms with Crippen LogP contribution in [0.15, 0.2) is 59.5 Å². The van der Waals surface area contributed by atoms with Crippen molar-refractivity contribution in [3.63, 3.8) is 0 Å². The zero-order valence-electron chi connectivity index (χ0n) is 11.3. The molecule has 100 valence electrons. The molecule has 0 unspecified atom stereocenters. The van der Waals surface area contributed by atoms with Gasteiger partial charge in [0.2, 0.25) is 0 Å². The molecule has 0 aliphatic carbocycles. The van der Waals surface area contributed by atoms with E-state index in [-0.39, 0.29) is 0 Å². The Hall–Kier alpha value is -1.25. The van der Waals surface area contributed by atoms with Gasteiger partial charge in [-0.3, -0.25) is 0 Å². The third-order valence-electron chi connectivity index (χ3n) is 3.08. The highest BCUT2D eigenvalue weighted by Gasteiger charge is 2.09. The van der Waals surface area contributed by atoms with Crippen molar-refractivity contribution < 1.29 is 5.11 Å². The molecular weight excluding hydrogens is 252 g/mol. The maximum Gasteiger partial charge on any atom is 0.104 e. The van der Waals surface area contributed by atoms with Gasteiger partial charge in [0.15, 0.2) is 0 Å². The first kappa shape index (κ1) is 14.2. The molecule has 0 heterocycles. The molecule has 0 saturated heterocycles. The number of unbranched alkanes of at least 4 members (excludes halogenated alkanes) is 1. The summed E-state index contributed by atoms with van der Waals surface area (Å²) in [6.07, 6.45) is 1.95. The fourth-order valence-electron chi connectivity index (χ4n) is 1.91. The molecular formula is C17H20OS.